The molecular weight excluding hydrogens is 318 g/mol. The average molecular weight is 336 g/mol. The van der Waals surface area contributed by atoms with Crippen LogP contribution < -0.4 is 4.65 Å². The number of hydrogen-bond acceptors (Lipinski definition) is 5. The molecule has 1 aromatic carbocycles. The van der Waals surface area contributed by atoms with E-state index in [-0.39, 0.29) is 59.7 Å². The lowest BCUT2D eigenvalue weighted by Gasteiger charge is -2.29. The number of aromatic carboxylic acids is 1. The first-order valence-electron chi connectivity index (χ1n) is 7.61. The van der Waals surface area contributed by atoms with Gasteiger partial charge in [-0.3, -0.25) is 4.79 Å². The standard InChI is InChI=1S/C16H18BFO6/c1-8-5-13(16(21)22)15-12(14(8)18)7-10(17(23)24-15)6-11(20)4-3-9(2)19/h5,10,23H,3-4,6-7H2,1-2H3,(H,21,22)/t10-/m0/s1. The molecular formula is C16H18BFO6. The molecule has 1 aliphatic heterocycles. The molecule has 1 atom stereocenters. The molecule has 24 heavy (non-hydrogen) atoms. The highest BCUT2D eigenvalue weighted by Crippen LogP contribution is 2.39. The van der Waals surface area contributed by atoms with Crippen LogP contribution in [0.1, 0.15) is 47.7 Å². The molecule has 0 aliphatic carbocycles. The molecule has 6 nitrogen and oxygen atoms in total. The summed E-state index contributed by atoms with van der Waals surface area (Å²) in [4.78, 5) is 34.1. The minimum absolute atomic E-state index is 0.00386. The summed E-state index contributed by atoms with van der Waals surface area (Å²) in [6.07, 6.45) is 0.109. The zero-order valence-electron chi connectivity index (χ0n) is 13.5. The van der Waals surface area contributed by atoms with E-state index in [9.17, 15) is 28.9 Å². The zero-order valence-corrected chi connectivity index (χ0v) is 13.5. The summed E-state index contributed by atoms with van der Waals surface area (Å²) in [7, 11) is -1.40. The second kappa shape index (κ2) is 7.13. The van der Waals surface area contributed by atoms with E-state index in [1.54, 1.807) is 0 Å². The van der Waals surface area contributed by atoms with Crippen molar-refractivity contribution in [2.45, 2.75) is 45.3 Å². The predicted octanol–water partition coefficient (Wildman–Crippen LogP) is 1.95. The Morgan fingerprint density at radius 1 is 1.38 bits per heavy atom. The molecule has 128 valence electrons. The van der Waals surface area contributed by atoms with Crippen molar-refractivity contribution in [1.82, 2.24) is 0 Å². The second-order valence-corrected chi connectivity index (χ2v) is 6.09. The first kappa shape index (κ1) is 18.1. The number of carbonyl (C=O) groups is 3. The van der Waals surface area contributed by atoms with E-state index in [1.807, 2.05) is 0 Å². The van der Waals surface area contributed by atoms with E-state index in [4.69, 9.17) is 4.65 Å². The molecule has 8 heteroatoms. The van der Waals surface area contributed by atoms with Crippen LogP contribution >= 0.6 is 0 Å². The lowest BCUT2D eigenvalue weighted by molar-refractivity contribution is -0.123. The smallest absolute Gasteiger partial charge is 0.526 e. The van der Waals surface area contributed by atoms with Gasteiger partial charge in [-0.15, -0.1) is 0 Å². The molecule has 0 radical (unpaired) electrons. The number of ketones is 2. The van der Waals surface area contributed by atoms with Crippen molar-refractivity contribution in [1.29, 1.82) is 0 Å². The molecule has 0 aromatic heterocycles. The quantitative estimate of drug-likeness (QED) is 0.770. The third-order valence-corrected chi connectivity index (χ3v) is 4.08. The van der Waals surface area contributed by atoms with Crippen LogP contribution in [0.15, 0.2) is 6.07 Å². The number of carboxylic acids is 1. The van der Waals surface area contributed by atoms with Gasteiger partial charge in [-0.05, 0) is 31.9 Å². The van der Waals surface area contributed by atoms with Crippen LogP contribution in [0.25, 0.3) is 0 Å². The fourth-order valence-corrected chi connectivity index (χ4v) is 2.78. The minimum Gasteiger partial charge on any atom is -0.535 e. The van der Waals surface area contributed by atoms with Crippen LogP contribution in [0.2, 0.25) is 5.82 Å². The van der Waals surface area contributed by atoms with E-state index < -0.39 is 24.7 Å². The lowest BCUT2D eigenvalue weighted by atomic mass is 9.64. The van der Waals surface area contributed by atoms with Crippen LogP contribution in [0.4, 0.5) is 4.39 Å². The van der Waals surface area contributed by atoms with E-state index in [0.29, 0.717) is 0 Å². The Kier molecular flexibility index (Phi) is 5.38. The molecule has 1 heterocycles. The second-order valence-electron chi connectivity index (χ2n) is 6.09. The fraction of sp³-hybridized carbons (Fsp3) is 0.438. The highest BCUT2D eigenvalue weighted by atomic mass is 19.1. The monoisotopic (exact) mass is 336 g/mol. The molecule has 2 rings (SSSR count). The van der Waals surface area contributed by atoms with Gasteiger partial charge in [-0.2, -0.15) is 0 Å². The summed E-state index contributed by atoms with van der Waals surface area (Å²) >= 11 is 0. The number of carboxylic acid groups (broad SMARTS) is 1. The summed E-state index contributed by atoms with van der Waals surface area (Å²) in [5.74, 6) is -3.09. The normalized spacial score (nSPS) is 16.3. The summed E-state index contributed by atoms with van der Waals surface area (Å²) < 4.78 is 19.5. The third-order valence-electron chi connectivity index (χ3n) is 4.08. The van der Waals surface area contributed by atoms with Crippen molar-refractivity contribution in [2.24, 2.45) is 0 Å². The van der Waals surface area contributed by atoms with Crippen LogP contribution in [-0.2, 0) is 16.0 Å². The van der Waals surface area contributed by atoms with Crippen LogP contribution in [0, 0.1) is 12.7 Å². The highest BCUT2D eigenvalue weighted by molar-refractivity contribution is 6.47. The maximum absolute atomic E-state index is 14.3. The van der Waals surface area contributed by atoms with Crippen molar-refractivity contribution in [3.05, 3.63) is 28.6 Å². The molecule has 1 aromatic rings. The number of benzene rings is 1. The Labute approximate surface area is 138 Å². The molecule has 0 amide bonds. The van der Waals surface area contributed by atoms with Crippen molar-refractivity contribution >= 4 is 24.7 Å². The Balaban J connectivity index is 2.24. The average Bonchev–Trinajstić information content (AvgIpc) is 2.50. The van der Waals surface area contributed by atoms with E-state index in [2.05, 4.69) is 0 Å². The number of aryl methyl sites for hydroxylation is 1. The highest BCUT2D eigenvalue weighted by Gasteiger charge is 2.39. The van der Waals surface area contributed by atoms with Crippen LogP contribution in [0.3, 0.4) is 0 Å². The van der Waals surface area contributed by atoms with Crippen molar-refractivity contribution < 1.29 is 33.6 Å². The van der Waals surface area contributed by atoms with Crippen molar-refractivity contribution in [3.63, 3.8) is 0 Å². The molecule has 0 saturated heterocycles. The number of hydrogen-bond donors (Lipinski definition) is 2. The van der Waals surface area contributed by atoms with Gasteiger partial charge in [-0.1, -0.05) is 0 Å². The topological polar surface area (TPSA) is 101 Å². The molecule has 0 saturated carbocycles. The molecule has 0 unspecified atom stereocenters. The van der Waals surface area contributed by atoms with E-state index >= 15 is 0 Å². The van der Waals surface area contributed by atoms with Gasteiger partial charge in [0.1, 0.15) is 28.7 Å². The Morgan fingerprint density at radius 2 is 2.04 bits per heavy atom. The third kappa shape index (κ3) is 3.81. The van der Waals surface area contributed by atoms with E-state index in [1.165, 1.54) is 13.8 Å². The molecule has 0 spiro atoms. The van der Waals surface area contributed by atoms with Gasteiger partial charge in [0.2, 0.25) is 0 Å². The Hall–Kier alpha value is -2.22. The SMILES string of the molecule is CC(=O)CCC(=O)C[C@H]1Cc2c(F)c(C)cc(C(=O)O)c2OB1O. The van der Waals surface area contributed by atoms with Gasteiger partial charge in [0, 0.05) is 30.6 Å². The van der Waals surface area contributed by atoms with Crippen molar-refractivity contribution in [2.75, 3.05) is 0 Å². The number of halogens is 1. The number of carbonyl (C=O) groups excluding carboxylic acids is 2. The molecule has 2 N–H and O–H groups in total. The zero-order chi connectivity index (χ0) is 18.0. The first-order chi connectivity index (χ1) is 11.2. The summed E-state index contributed by atoms with van der Waals surface area (Å²) in [6.45, 7) is 2.83. The largest absolute Gasteiger partial charge is 0.535 e. The minimum atomic E-state index is -1.40. The van der Waals surface area contributed by atoms with Gasteiger partial charge >= 0.3 is 13.1 Å². The van der Waals surface area contributed by atoms with Gasteiger partial charge in [0.05, 0.1) is 0 Å². The fourth-order valence-electron chi connectivity index (χ4n) is 2.78. The number of Topliss-reactive ketones (excluding diaryl/α,β-unsaturated/α-hetero) is 2. The maximum Gasteiger partial charge on any atom is 0.526 e. The van der Waals surface area contributed by atoms with Crippen LogP contribution in [0.5, 0.6) is 5.75 Å². The molecule has 0 bridgehead atoms. The first-order valence-corrected chi connectivity index (χ1v) is 7.61. The molecule has 1 aliphatic rings. The summed E-state index contributed by atoms with van der Waals surface area (Å²) in [5, 5.41) is 19.3. The lowest BCUT2D eigenvalue weighted by Crippen LogP contribution is -2.36. The van der Waals surface area contributed by atoms with Gasteiger partial charge < -0.3 is 19.6 Å². The summed E-state index contributed by atoms with van der Waals surface area (Å²) in [5.41, 5.74) is -0.000768. The maximum atomic E-state index is 14.3. The Morgan fingerprint density at radius 3 is 2.62 bits per heavy atom. The van der Waals surface area contributed by atoms with Gasteiger partial charge in [0.25, 0.3) is 0 Å². The number of rotatable bonds is 6. The van der Waals surface area contributed by atoms with Crippen LogP contribution in [-0.4, -0.2) is 34.8 Å². The van der Waals surface area contributed by atoms with E-state index in [0.717, 1.165) is 6.07 Å². The Bertz CT molecular complexity index is 702. The number of fused-ring (bicyclic) bond motifs is 1. The molecule has 0 fully saturated rings. The summed E-state index contributed by atoms with van der Waals surface area (Å²) in [6, 6.07) is 1.15. The van der Waals surface area contributed by atoms with Gasteiger partial charge in [-0.25, -0.2) is 9.18 Å². The predicted molar refractivity (Wildman–Crippen MR) is 83.7 cm³/mol. The van der Waals surface area contributed by atoms with Crippen molar-refractivity contribution in [3.8, 4) is 5.75 Å². The van der Waals surface area contributed by atoms with Gasteiger partial charge in [0.15, 0.2) is 0 Å².